The third kappa shape index (κ3) is 1.36. The average Bonchev–Trinajstić information content (AvgIpc) is 2.84. The van der Waals surface area contributed by atoms with Crippen molar-refractivity contribution in [3.8, 4) is 10.6 Å². The molecule has 80 valence electrons. The van der Waals surface area contributed by atoms with Gasteiger partial charge in [-0.3, -0.25) is 0 Å². The molecule has 0 atom stereocenters. The summed E-state index contributed by atoms with van der Waals surface area (Å²) in [6.45, 7) is 4.22. The summed E-state index contributed by atoms with van der Waals surface area (Å²) < 4.78 is 2.09. The van der Waals surface area contributed by atoms with Crippen molar-refractivity contribution in [2.45, 2.75) is 13.8 Å². The predicted octanol–water partition coefficient (Wildman–Crippen LogP) is 3.68. The van der Waals surface area contributed by atoms with E-state index >= 15 is 0 Å². The topological polar surface area (TPSA) is 17.3 Å². The molecule has 0 aromatic carbocycles. The summed E-state index contributed by atoms with van der Waals surface area (Å²) in [4.78, 5) is 5.96. The molecule has 3 aromatic heterocycles. The number of aryl methyl sites for hydroxylation is 2. The Labute approximate surface area is 98.2 Å². The van der Waals surface area contributed by atoms with Crippen LogP contribution in [-0.2, 0) is 0 Å². The molecule has 0 spiro atoms. The van der Waals surface area contributed by atoms with Crippen molar-refractivity contribution in [1.29, 1.82) is 0 Å². The molecule has 0 saturated carbocycles. The number of aromatic nitrogens is 2. The van der Waals surface area contributed by atoms with E-state index in [2.05, 4.69) is 53.0 Å². The minimum absolute atomic E-state index is 1.05. The molecule has 0 unspecified atom stereocenters. The van der Waals surface area contributed by atoms with E-state index in [4.69, 9.17) is 0 Å². The molecule has 0 aliphatic rings. The van der Waals surface area contributed by atoms with Gasteiger partial charge in [0, 0.05) is 12.4 Å². The van der Waals surface area contributed by atoms with E-state index in [1.54, 1.807) is 11.3 Å². The first-order valence-corrected chi connectivity index (χ1v) is 6.12. The molecule has 0 radical (unpaired) electrons. The van der Waals surface area contributed by atoms with Gasteiger partial charge in [-0.2, -0.15) is 0 Å². The molecule has 0 aliphatic heterocycles. The van der Waals surface area contributed by atoms with Gasteiger partial charge in [0.2, 0.25) is 0 Å². The zero-order valence-corrected chi connectivity index (χ0v) is 10.1. The molecule has 0 N–H and O–H groups in total. The monoisotopic (exact) mass is 228 g/mol. The number of fused-ring (bicyclic) bond motifs is 1. The highest BCUT2D eigenvalue weighted by atomic mass is 32.1. The predicted molar refractivity (Wildman–Crippen MR) is 68.0 cm³/mol. The van der Waals surface area contributed by atoms with E-state index in [0.717, 1.165) is 11.3 Å². The van der Waals surface area contributed by atoms with Crippen molar-refractivity contribution in [2.24, 2.45) is 0 Å². The van der Waals surface area contributed by atoms with E-state index in [-0.39, 0.29) is 0 Å². The lowest BCUT2D eigenvalue weighted by Gasteiger charge is -1.93. The van der Waals surface area contributed by atoms with E-state index < -0.39 is 0 Å². The third-order valence-corrected chi connectivity index (χ3v) is 3.81. The summed E-state index contributed by atoms with van der Waals surface area (Å²) >= 11 is 1.75. The van der Waals surface area contributed by atoms with Crippen LogP contribution in [-0.4, -0.2) is 9.38 Å². The second kappa shape index (κ2) is 3.46. The van der Waals surface area contributed by atoms with Crippen LogP contribution in [0.1, 0.15) is 11.1 Å². The molecule has 0 aliphatic carbocycles. The number of hydrogen-bond donors (Lipinski definition) is 0. The molecule has 0 saturated heterocycles. The van der Waals surface area contributed by atoms with Gasteiger partial charge in [-0.25, -0.2) is 4.98 Å². The number of thiophene rings is 1. The maximum atomic E-state index is 4.69. The van der Waals surface area contributed by atoms with Gasteiger partial charge in [0.25, 0.3) is 0 Å². The SMILES string of the molecule is Cc1ccsc1-c1cn2cccc(C)c2n1. The highest BCUT2D eigenvalue weighted by Crippen LogP contribution is 2.28. The summed E-state index contributed by atoms with van der Waals surface area (Å²) in [5.41, 5.74) is 4.63. The lowest BCUT2D eigenvalue weighted by atomic mass is 10.2. The standard InChI is InChI=1S/C13H12N2S/c1-9-5-7-16-12(9)11-8-15-6-3-4-10(2)13(15)14-11/h3-8H,1-2H3. The maximum absolute atomic E-state index is 4.69. The van der Waals surface area contributed by atoms with Crippen molar-refractivity contribution in [1.82, 2.24) is 9.38 Å². The second-order valence-electron chi connectivity index (χ2n) is 3.98. The number of pyridine rings is 1. The fourth-order valence-corrected chi connectivity index (χ4v) is 2.78. The van der Waals surface area contributed by atoms with E-state index in [1.165, 1.54) is 16.0 Å². The van der Waals surface area contributed by atoms with Gasteiger partial charge < -0.3 is 4.40 Å². The van der Waals surface area contributed by atoms with Gasteiger partial charge in [-0.15, -0.1) is 11.3 Å². The minimum atomic E-state index is 1.05. The number of hydrogen-bond acceptors (Lipinski definition) is 2. The van der Waals surface area contributed by atoms with Crippen LogP contribution in [0, 0.1) is 13.8 Å². The first-order valence-electron chi connectivity index (χ1n) is 5.24. The number of nitrogens with zero attached hydrogens (tertiary/aromatic N) is 2. The van der Waals surface area contributed by atoms with Gasteiger partial charge in [-0.05, 0) is 42.5 Å². The van der Waals surface area contributed by atoms with Crippen LogP contribution in [0.4, 0.5) is 0 Å². The Hall–Kier alpha value is -1.61. The Morgan fingerprint density at radius 3 is 2.75 bits per heavy atom. The molecule has 3 rings (SSSR count). The first-order chi connectivity index (χ1) is 7.75. The molecule has 16 heavy (non-hydrogen) atoms. The average molecular weight is 228 g/mol. The van der Waals surface area contributed by atoms with Crippen LogP contribution >= 0.6 is 11.3 Å². The van der Waals surface area contributed by atoms with E-state index in [9.17, 15) is 0 Å². The summed E-state index contributed by atoms with van der Waals surface area (Å²) in [6, 6.07) is 6.28. The van der Waals surface area contributed by atoms with Crippen LogP contribution in [0.2, 0.25) is 0 Å². The van der Waals surface area contributed by atoms with Crippen molar-refractivity contribution >= 4 is 17.0 Å². The van der Waals surface area contributed by atoms with E-state index in [0.29, 0.717) is 0 Å². The Balaban J connectivity index is 2.27. The van der Waals surface area contributed by atoms with Gasteiger partial charge in [0.15, 0.2) is 0 Å². The molecule has 0 amide bonds. The van der Waals surface area contributed by atoms with Crippen LogP contribution < -0.4 is 0 Å². The highest BCUT2D eigenvalue weighted by Gasteiger charge is 2.08. The first kappa shape index (κ1) is 9.60. The van der Waals surface area contributed by atoms with E-state index in [1.807, 2.05) is 6.20 Å². The lowest BCUT2D eigenvalue weighted by molar-refractivity contribution is 1.16. The maximum Gasteiger partial charge on any atom is 0.140 e. The van der Waals surface area contributed by atoms with Crippen molar-refractivity contribution in [3.63, 3.8) is 0 Å². The van der Waals surface area contributed by atoms with Gasteiger partial charge in [0.05, 0.1) is 10.6 Å². The molecular weight excluding hydrogens is 216 g/mol. The molecule has 3 aromatic rings. The summed E-state index contributed by atoms with van der Waals surface area (Å²) in [5.74, 6) is 0. The summed E-state index contributed by atoms with van der Waals surface area (Å²) in [7, 11) is 0. The fraction of sp³-hybridized carbons (Fsp3) is 0.154. The molecule has 0 fully saturated rings. The normalized spacial score (nSPS) is 11.1. The van der Waals surface area contributed by atoms with Crippen molar-refractivity contribution < 1.29 is 0 Å². The molecule has 0 bridgehead atoms. The van der Waals surface area contributed by atoms with Crippen LogP contribution in [0.15, 0.2) is 36.0 Å². The van der Waals surface area contributed by atoms with Gasteiger partial charge >= 0.3 is 0 Å². The van der Waals surface area contributed by atoms with Gasteiger partial charge in [0.1, 0.15) is 5.65 Å². The molecule has 2 nitrogen and oxygen atoms in total. The number of imidazole rings is 1. The van der Waals surface area contributed by atoms with Crippen molar-refractivity contribution in [3.05, 3.63) is 47.1 Å². The van der Waals surface area contributed by atoms with Crippen LogP contribution in [0.25, 0.3) is 16.2 Å². The Morgan fingerprint density at radius 1 is 1.19 bits per heavy atom. The lowest BCUT2D eigenvalue weighted by Crippen LogP contribution is -1.83. The second-order valence-corrected chi connectivity index (χ2v) is 4.90. The Bertz CT molecular complexity index is 649. The van der Waals surface area contributed by atoms with Crippen molar-refractivity contribution in [2.75, 3.05) is 0 Å². The van der Waals surface area contributed by atoms with Gasteiger partial charge in [-0.1, -0.05) is 6.07 Å². The quantitative estimate of drug-likeness (QED) is 0.621. The fourth-order valence-electron chi connectivity index (χ4n) is 1.90. The summed E-state index contributed by atoms with van der Waals surface area (Å²) in [5, 5.41) is 2.11. The minimum Gasteiger partial charge on any atom is -0.306 e. The molecule has 3 heterocycles. The van der Waals surface area contributed by atoms with Crippen LogP contribution in [0.5, 0.6) is 0 Å². The smallest absolute Gasteiger partial charge is 0.140 e. The Kier molecular flexibility index (Phi) is 2.07. The number of rotatable bonds is 1. The Morgan fingerprint density at radius 2 is 2.06 bits per heavy atom. The summed E-state index contributed by atoms with van der Waals surface area (Å²) in [6.07, 6.45) is 4.14. The zero-order chi connectivity index (χ0) is 11.1. The zero-order valence-electron chi connectivity index (χ0n) is 9.27. The molecule has 3 heteroatoms. The highest BCUT2D eigenvalue weighted by molar-refractivity contribution is 7.13. The largest absolute Gasteiger partial charge is 0.306 e. The van der Waals surface area contributed by atoms with Crippen LogP contribution in [0.3, 0.4) is 0 Å². The third-order valence-electron chi connectivity index (χ3n) is 2.77. The molecular formula is C13H12N2S.